The number of halogens is 1. The van der Waals surface area contributed by atoms with Crippen molar-refractivity contribution in [2.75, 3.05) is 19.6 Å². The molecular weight excluding hydrogens is 212 g/mol. The first kappa shape index (κ1) is 14.5. The Morgan fingerprint density at radius 1 is 1.47 bits per heavy atom. The van der Waals surface area contributed by atoms with Gasteiger partial charge in [0, 0.05) is 18.7 Å². The molecule has 0 spiro atoms. The number of carbonyl (C=O) groups is 1. The average Bonchev–Trinajstić information content (AvgIpc) is 2.27. The highest BCUT2D eigenvalue weighted by Crippen LogP contribution is 2.17. The van der Waals surface area contributed by atoms with E-state index in [0.717, 1.165) is 38.0 Å². The van der Waals surface area contributed by atoms with E-state index in [1.54, 1.807) is 0 Å². The largest absolute Gasteiger partial charge is 0.339 e. The monoisotopic (exact) mass is 232 g/mol. The van der Waals surface area contributed by atoms with Gasteiger partial charge in [0.05, 0.1) is 0 Å². The summed E-state index contributed by atoms with van der Waals surface area (Å²) in [4.78, 5) is 13.7. The van der Waals surface area contributed by atoms with E-state index in [2.05, 4.69) is 0 Å². The van der Waals surface area contributed by atoms with E-state index < -0.39 is 0 Å². The molecule has 0 aliphatic carbocycles. The standard InChI is InChI=1S/C11H20N2O.ClH/c1-3-9(2)11(14)13-6-4-10(8-12)5-7-13;/h3,10H,4-8,12H2,1-2H3;1H/b9-3-;. The summed E-state index contributed by atoms with van der Waals surface area (Å²) in [5.74, 6) is 0.799. The number of nitrogens with zero attached hydrogens (tertiary/aromatic N) is 1. The molecule has 1 saturated heterocycles. The molecule has 1 aliphatic rings. The smallest absolute Gasteiger partial charge is 0.249 e. The van der Waals surface area contributed by atoms with Crippen molar-refractivity contribution in [1.29, 1.82) is 0 Å². The van der Waals surface area contributed by atoms with Crippen molar-refractivity contribution in [3.8, 4) is 0 Å². The molecule has 0 aromatic heterocycles. The molecule has 1 fully saturated rings. The maximum absolute atomic E-state index is 11.8. The van der Waals surface area contributed by atoms with Gasteiger partial charge in [0.15, 0.2) is 0 Å². The van der Waals surface area contributed by atoms with Crippen LogP contribution in [0, 0.1) is 5.92 Å². The number of hydrogen-bond acceptors (Lipinski definition) is 2. The Kier molecular flexibility index (Phi) is 6.61. The van der Waals surface area contributed by atoms with Gasteiger partial charge in [-0.2, -0.15) is 0 Å². The van der Waals surface area contributed by atoms with Crippen LogP contribution in [0.15, 0.2) is 11.6 Å². The molecule has 15 heavy (non-hydrogen) atoms. The van der Waals surface area contributed by atoms with Crippen LogP contribution in [-0.4, -0.2) is 30.4 Å². The molecule has 4 heteroatoms. The van der Waals surface area contributed by atoms with Gasteiger partial charge in [-0.25, -0.2) is 0 Å². The summed E-state index contributed by atoms with van der Waals surface area (Å²) in [7, 11) is 0. The Labute approximate surface area is 98.1 Å². The normalized spacial score (nSPS) is 18.6. The van der Waals surface area contributed by atoms with Gasteiger partial charge in [-0.05, 0) is 39.2 Å². The molecule has 0 bridgehead atoms. The van der Waals surface area contributed by atoms with Crippen molar-refractivity contribution in [3.63, 3.8) is 0 Å². The van der Waals surface area contributed by atoms with E-state index in [-0.39, 0.29) is 18.3 Å². The first-order chi connectivity index (χ1) is 6.69. The van der Waals surface area contributed by atoms with Gasteiger partial charge in [0.2, 0.25) is 5.91 Å². The summed E-state index contributed by atoms with van der Waals surface area (Å²) in [5.41, 5.74) is 6.44. The van der Waals surface area contributed by atoms with Crippen molar-refractivity contribution >= 4 is 18.3 Å². The number of allylic oxidation sites excluding steroid dienone is 1. The molecule has 0 radical (unpaired) electrons. The van der Waals surface area contributed by atoms with Crippen LogP contribution in [0.1, 0.15) is 26.7 Å². The predicted octanol–water partition coefficient (Wildman–Crippen LogP) is 1.57. The van der Waals surface area contributed by atoms with Crippen LogP contribution in [0.5, 0.6) is 0 Å². The molecular formula is C11H21ClN2O. The second-order valence-electron chi connectivity index (χ2n) is 3.94. The summed E-state index contributed by atoms with van der Waals surface area (Å²) >= 11 is 0. The minimum atomic E-state index is 0. The van der Waals surface area contributed by atoms with Crippen molar-refractivity contribution in [3.05, 3.63) is 11.6 Å². The van der Waals surface area contributed by atoms with E-state index in [0.29, 0.717) is 5.92 Å². The zero-order valence-electron chi connectivity index (χ0n) is 9.53. The van der Waals surface area contributed by atoms with Crippen LogP contribution in [0.25, 0.3) is 0 Å². The minimum absolute atomic E-state index is 0. The molecule has 3 nitrogen and oxygen atoms in total. The van der Waals surface area contributed by atoms with Gasteiger partial charge in [0.1, 0.15) is 0 Å². The minimum Gasteiger partial charge on any atom is -0.339 e. The fraction of sp³-hybridized carbons (Fsp3) is 0.727. The third-order valence-electron chi connectivity index (χ3n) is 3.01. The lowest BCUT2D eigenvalue weighted by atomic mass is 9.97. The van der Waals surface area contributed by atoms with Gasteiger partial charge in [-0.1, -0.05) is 6.08 Å². The third-order valence-corrected chi connectivity index (χ3v) is 3.01. The Morgan fingerprint density at radius 2 is 2.00 bits per heavy atom. The van der Waals surface area contributed by atoms with Crippen molar-refractivity contribution in [1.82, 2.24) is 4.90 Å². The van der Waals surface area contributed by atoms with Crippen molar-refractivity contribution in [2.24, 2.45) is 11.7 Å². The lowest BCUT2D eigenvalue weighted by molar-refractivity contribution is -0.128. The Hall–Kier alpha value is -0.540. The highest BCUT2D eigenvalue weighted by molar-refractivity contribution is 5.92. The van der Waals surface area contributed by atoms with Gasteiger partial charge < -0.3 is 10.6 Å². The highest BCUT2D eigenvalue weighted by Gasteiger charge is 2.22. The fourth-order valence-corrected chi connectivity index (χ4v) is 1.74. The molecule has 88 valence electrons. The van der Waals surface area contributed by atoms with Crippen molar-refractivity contribution in [2.45, 2.75) is 26.7 Å². The average molecular weight is 233 g/mol. The molecule has 0 unspecified atom stereocenters. The highest BCUT2D eigenvalue weighted by atomic mass is 35.5. The maximum atomic E-state index is 11.8. The summed E-state index contributed by atoms with van der Waals surface area (Å²) < 4.78 is 0. The van der Waals surface area contributed by atoms with Crippen LogP contribution in [-0.2, 0) is 4.79 Å². The maximum Gasteiger partial charge on any atom is 0.249 e. The predicted molar refractivity (Wildman–Crippen MR) is 65.0 cm³/mol. The van der Waals surface area contributed by atoms with E-state index >= 15 is 0 Å². The number of likely N-dealkylation sites (tertiary alicyclic amines) is 1. The van der Waals surface area contributed by atoms with E-state index in [1.165, 1.54) is 0 Å². The van der Waals surface area contributed by atoms with Crippen molar-refractivity contribution < 1.29 is 4.79 Å². The van der Waals surface area contributed by atoms with Gasteiger partial charge in [-0.15, -0.1) is 12.4 Å². The number of hydrogen-bond donors (Lipinski definition) is 1. The summed E-state index contributed by atoms with van der Waals surface area (Å²) in [5, 5.41) is 0. The number of nitrogens with two attached hydrogens (primary N) is 1. The summed E-state index contributed by atoms with van der Waals surface area (Å²) in [6.07, 6.45) is 3.98. The van der Waals surface area contributed by atoms with Gasteiger partial charge in [0.25, 0.3) is 0 Å². The molecule has 1 heterocycles. The second kappa shape index (κ2) is 6.85. The first-order valence-corrected chi connectivity index (χ1v) is 5.31. The van der Waals surface area contributed by atoms with Crippen LogP contribution in [0.4, 0.5) is 0 Å². The van der Waals surface area contributed by atoms with Crippen LogP contribution >= 0.6 is 12.4 Å². The quantitative estimate of drug-likeness (QED) is 0.735. The lowest BCUT2D eigenvalue weighted by Crippen LogP contribution is -2.40. The molecule has 1 amide bonds. The number of rotatable bonds is 2. The number of carbonyl (C=O) groups excluding carboxylic acids is 1. The van der Waals surface area contributed by atoms with Crippen LogP contribution in [0.3, 0.4) is 0 Å². The molecule has 1 rings (SSSR count). The van der Waals surface area contributed by atoms with Gasteiger partial charge in [-0.3, -0.25) is 4.79 Å². The second-order valence-corrected chi connectivity index (χ2v) is 3.94. The lowest BCUT2D eigenvalue weighted by Gasteiger charge is -2.31. The molecule has 0 atom stereocenters. The summed E-state index contributed by atoms with van der Waals surface area (Å²) in [6.45, 7) is 6.26. The van der Waals surface area contributed by atoms with Gasteiger partial charge >= 0.3 is 0 Å². The van der Waals surface area contributed by atoms with E-state index in [9.17, 15) is 4.79 Å². The fourth-order valence-electron chi connectivity index (χ4n) is 1.74. The summed E-state index contributed by atoms with van der Waals surface area (Å²) in [6, 6.07) is 0. The molecule has 0 aromatic carbocycles. The number of piperidine rings is 1. The van der Waals surface area contributed by atoms with E-state index in [4.69, 9.17) is 5.73 Å². The zero-order valence-corrected chi connectivity index (χ0v) is 10.3. The first-order valence-electron chi connectivity index (χ1n) is 5.31. The molecule has 0 saturated carbocycles. The third kappa shape index (κ3) is 3.84. The SMILES string of the molecule is C/C=C(/C)C(=O)N1CCC(CN)CC1.Cl. The topological polar surface area (TPSA) is 46.3 Å². The Morgan fingerprint density at radius 3 is 2.40 bits per heavy atom. The molecule has 0 aromatic rings. The molecule has 2 N–H and O–H groups in total. The van der Waals surface area contributed by atoms with Crippen LogP contribution in [0.2, 0.25) is 0 Å². The van der Waals surface area contributed by atoms with Crippen LogP contribution < -0.4 is 5.73 Å². The van der Waals surface area contributed by atoms with E-state index in [1.807, 2.05) is 24.8 Å². The number of amides is 1. The Balaban J connectivity index is 0.00000196. The zero-order chi connectivity index (χ0) is 10.6. The Bertz CT molecular complexity index is 233. The molecule has 1 aliphatic heterocycles.